The van der Waals surface area contributed by atoms with Crippen LogP contribution in [0.15, 0.2) is 78.2 Å². The standard InChI is InChI=1S/C31H34N4O4S/c1-37-26-12-13-29(38-2)27(20-26)28-22-40-31(33-28)35(18-19-39-25-6-4-3-5-7-25)21-23-8-10-24(11-9-23)30(36)34-16-14-32-15-17-34/h3-13,20,22,32H,14-19,21H2,1-2H3. The van der Waals surface area contributed by atoms with Crippen LogP contribution in [0.1, 0.15) is 15.9 Å². The molecule has 0 spiro atoms. The van der Waals surface area contributed by atoms with Gasteiger partial charge in [-0.3, -0.25) is 4.79 Å². The number of nitrogens with one attached hydrogen (secondary N) is 1. The Labute approximate surface area is 239 Å². The number of carbonyl (C=O) groups is 1. The molecule has 1 amide bonds. The van der Waals surface area contributed by atoms with Crippen LogP contribution in [0.4, 0.5) is 5.13 Å². The Morgan fingerprint density at radius 1 is 0.975 bits per heavy atom. The monoisotopic (exact) mass is 558 g/mol. The molecule has 4 aromatic rings. The maximum Gasteiger partial charge on any atom is 0.253 e. The van der Waals surface area contributed by atoms with E-state index in [0.717, 1.165) is 65.4 Å². The first-order chi connectivity index (χ1) is 19.6. The fraction of sp³-hybridized carbons (Fsp3) is 0.290. The topological polar surface area (TPSA) is 76.2 Å². The summed E-state index contributed by atoms with van der Waals surface area (Å²) >= 11 is 1.57. The maximum absolute atomic E-state index is 12.9. The van der Waals surface area contributed by atoms with Crippen LogP contribution in [0, 0.1) is 0 Å². The average Bonchev–Trinajstić information content (AvgIpc) is 3.51. The van der Waals surface area contributed by atoms with Crippen molar-refractivity contribution in [3.05, 3.63) is 89.3 Å². The van der Waals surface area contributed by atoms with E-state index in [-0.39, 0.29) is 5.91 Å². The van der Waals surface area contributed by atoms with E-state index in [1.54, 1.807) is 25.6 Å². The smallest absolute Gasteiger partial charge is 0.253 e. The first-order valence-corrected chi connectivity index (χ1v) is 14.2. The van der Waals surface area contributed by atoms with E-state index in [1.807, 2.05) is 83.1 Å². The lowest BCUT2D eigenvalue weighted by molar-refractivity contribution is 0.0736. The number of thiazole rings is 1. The number of hydrogen-bond donors (Lipinski definition) is 1. The molecule has 2 heterocycles. The first-order valence-electron chi connectivity index (χ1n) is 13.3. The van der Waals surface area contributed by atoms with Crippen LogP contribution in [0.2, 0.25) is 0 Å². The molecule has 1 saturated heterocycles. The quantitative estimate of drug-likeness (QED) is 0.279. The molecule has 3 aromatic carbocycles. The fourth-order valence-electron chi connectivity index (χ4n) is 4.60. The van der Waals surface area contributed by atoms with Crippen LogP contribution in [-0.4, -0.2) is 69.3 Å². The van der Waals surface area contributed by atoms with Gasteiger partial charge in [0.1, 0.15) is 23.9 Å². The second-order valence-corrected chi connectivity index (χ2v) is 10.2. The molecule has 0 bridgehead atoms. The number of methoxy groups -OCH3 is 2. The van der Waals surface area contributed by atoms with Crippen molar-refractivity contribution < 1.29 is 19.0 Å². The Kier molecular flexibility index (Phi) is 9.15. The molecule has 1 N–H and O–H groups in total. The average molecular weight is 559 g/mol. The number of carbonyl (C=O) groups excluding carboxylic acids is 1. The minimum absolute atomic E-state index is 0.0815. The number of piperazine rings is 1. The van der Waals surface area contributed by atoms with E-state index in [1.165, 1.54) is 0 Å². The van der Waals surface area contributed by atoms with Gasteiger partial charge in [-0.15, -0.1) is 11.3 Å². The highest BCUT2D eigenvalue weighted by atomic mass is 32.1. The van der Waals surface area contributed by atoms with Crippen molar-refractivity contribution in [1.29, 1.82) is 0 Å². The molecule has 208 valence electrons. The van der Waals surface area contributed by atoms with Crippen molar-refractivity contribution in [1.82, 2.24) is 15.2 Å². The van der Waals surface area contributed by atoms with Gasteiger partial charge in [0.2, 0.25) is 0 Å². The third-order valence-electron chi connectivity index (χ3n) is 6.80. The van der Waals surface area contributed by atoms with E-state index in [4.69, 9.17) is 19.2 Å². The minimum atomic E-state index is 0.0815. The van der Waals surface area contributed by atoms with Crippen molar-refractivity contribution in [3.8, 4) is 28.5 Å². The van der Waals surface area contributed by atoms with E-state index in [9.17, 15) is 4.79 Å². The molecule has 0 atom stereocenters. The number of benzene rings is 3. The third kappa shape index (κ3) is 6.73. The van der Waals surface area contributed by atoms with Gasteiger partial charge in [0, 0.05) is 49.2 Å². The van der Waals surface area contributed by atoms with Crippen molar-refractivity contribution in [3.63, 3.8) is 0 Å². The molecule has 0 radical (unpaired) electrons. The van der Waals surface area contributed by atoms with Crippen molar-refractivity contribution in [2.75, 3.05) is 58.5 Å². The normalized spacial score (nSPS) is 13.1. The van der Waals surface area contributed by atoms with E-state index >= 15 is 0 Å². The molecule has 1 aromatic heterocycles. The Bertz CT molecular complexity index is 1390. The van der Waals surface area contributed by atoms with Gasteiger partial charge in [-0.25, -0.2) is 4.98 Å². The summed E-state index contributed by atoms with van der Waals surface area (Å²) in [5.41, 5.74) is 3.50. The largest absolute Gasteiger partial charge is 0.497 e. The zero-order valence-electron chi connectivity index (χ0n) is 22.8. The Balaban J connectivity index is 1.35. The third-order valence-corrected chi connectivity index (χ3v) is 7.70. The molecule has 9 heteroatoms. The van der Waals surface area contributed by atoms with Crippen molar-refractivity contribution in [2.24, 2.45) is 0 Å². The highest BCUT2D eigenvalue weighted by molar-refractivity contribution is 7.14. The van der Waals surface area contributed by atoms with Gasteiger partial charge in [-0.2, -0.15) is 0 Å². The van der Waals surface area contributed by atoms with Gasteiger partial charge < -0.3 is 29.3 Å². The van der Waals surface area contributed by atoms with Crippen LogP contribution >= 0.6 is 11.3 Å². The highest BCUT2D eigenvalue weighted by Crippen LogP contribution is 2.36. The predicted molar refractivity (Wildman–Crippen MR) is 159 cm³/mol. The van der Waals surface area contributed by atoms with Gasteiger partial charge in [0.25, 0.3) is 5.91 Å². The van der Waals surface area contributed by atoms with Crippen LogP contribution < -0.4 is 24.4 Å². The summed E-state index contributed by atoms with van der Waals surface area (Å²) in [7, 11) is 3.30. The predicted octanol–water partition coefficient (Wildman–Crippen LogP) is 4.96. The number of ether oxygens (including phenoxy) is 3. The Morgan fingerprint density at radius 3 is 2.48 bits per heavy atom. The van der Waals surface area contributed by atoms with E-state index in [0.29, 0.717) is 25.3 Å². The number of aromatic nitrogens is 1. The Morgan fingerprint density at radius 2 is 1.75 bits per heavy atom. The lowest BCUT2D eigenvalue weighted by atomic mass is 10.1. The molecule has 5 rings (SSSR count). The first kappa shape index (κ1) is 27.5. The van der Waals surface area contributed by atoms with Gasteiger partial charge in [-0.05, 0) is 48.0 Å². The van der Waals surface area contributed by atoms with Gasteiger partial charge in [0.15, 0.2) is 5.13 Å². The molecular formula is C31H34N4O4S. The van der Waals surface area contributed by atoms with Crippen LogP contribution in [0.3, 0.4) is 0 Å². The highest BCUT2D eigenvalue weighted by Gasteiger charge is 2.19. The minimum Gasteiger partial charge on any atom is -0.497 e. The summed E-state index contributed by atoms with van der Waals surface area (Å²) in [6.45, 7) is 4.91. The summed E-state index contributed by atoms with van der Waals surface area (Å²) < 4.78 is 17.0. The fourth-order valence-corrected chi connectivity index (χ4v) is 5.46. The lowest BCUT2D eigenvalue weighted by Gasteiger charge is -2.27. The SMILES string of the molecule is COc1ccc(OC)c(-c2csc(N(CCOc3ccccc3)Cc3ccc(C(=O)N4CCNCC4)cc3)n2)c1. The zero-order chi connectivity index (χ0) is 27.7. The lowest BCUT2D eigenvalue weighted by Crippen LogP contribution is -2.46. The van der Waals surface area contributed by atoms with Gasteiger partial charge in [0.05, 0.1) is 26.5 Å². The molecule has 0 saturated carbocycles. The second kappa shape index (κ2) is 13.3. The molecular weight excluding hydrogens is 524 g/mol. The number of nitrogens with zero attached hydrogens (tertiary/aromatic N) is 3. The molecule has 1 aliphatic rings. The maximum atomic E-state index is 12.9. The molecule has 1 fully saturated rings. The van der Waals surface area contributed by atoms with Crippen molar-refractivity contribution in [2.45, 2.75) is 6.54 Å². The van der Waals surface area contributed by atoms with Gasteiger partial charge >= 0.3 is 0 Å². The molecule has 1 aliphatic heterocycles. The van der Waals surface area contributed by atoms with E-state index < -0.39 is 0 Å². The molecule has 0 aliphatic carbocycles. The van der Waals surface area contributed by atoms with Crippen LogP contribution in [0.25, 0.3) is 11.3 Å². The summed E-state index contributed by atoms with van der Waals surface area (Å²) in [6.07, 6.45) is 0. The van der Waals surface area contributed by atoms with E-state index in [2.05, 4.69) is 10.2 Å². The zero-order valence-corrected chi connectivity index (χ0v) is 23.7. The van der Waals surface area contributed by atoms with Crippen LogP contribution in [-0.2, 0) is 6.54 Å². The summed E-state index contributed by atoms with van der Waals surface area (Å²) in [5.74, 6) is 2.40. The number of para-hydroxylation sites is 1. The molecule has 0 unspecified atom stereocenters. The van der Waals surface area contributed by atoms with Crippen molar-refractivity contribution >= 4 is 22.4 Å². The second-order valence-electron chi connectivity index (χ2n) is 9.40. The Hall–Kier alpha value is -4.08. The number of anilines is 1. The summed E-state index contributed by atoms with van der Waals surface area (Å²) in [4.78, 5) is 22.0. The molecule has 8 nitrogen and oxygen atoms in total. The van der Waals surface area contributed by atoms with Crippen LogP contribution in [0.5, 0.6) is 17.2 Å². The summed E-state index contributed by atoms with van der Waals surface area (Å²) in [6, 6.07) is 23.4. The van der Waals surface area contributed by atoms with Gasteiger partial charge in [-0.1, -0.05) is 30.3 Å². The number of rotatable bonds is 11. The summed E-state index contributed by atoms with van der Waals surface area (Å²) in [5, 5.41) is 6.20. The number of hydrogen-bond acceptors (Lipinski definition) is 8. The molecule has 40 heavy (non-hydrogen) atoms. The number of amides is 1.